The van der Waals surface area contributed by atoms with Crippen LogP contribution in [-0.2, 0) is 4.74 Å². The number of carbonyl (C=O) groups excluding carboxylic acids is 1. The van der Waals surface area contributed by atoms with Crippen LogP contribution in [0.3, 0.4) is 0 Å². The van der Waals surface area contributed by atoms with Gasteiger partial charge in [-0.05, 0) is 12.2 Å². The van der Waals surface area contributed by atoms with Gasteiger partial charge in [0.15, 0.2) is 5.11 Å². The maximum absolute atomic E-state index is 11.0. The van der Waals surface area contributed by atoms with Gasteiger partial charge in [-0.2, -0.15) is 9.36 Å². The number of anilines is 1. The Labute approximate surface area is 89.8 Å². The van der Waals surface area contributed by atoms with Crippen LogP contribution in [0.5, 0.6) is 0 Å². The molecule has 0 aliphatic rings. The summed E-state index contributed by atoms with van der Waals surface area (Å²) >= 11 is 5.88. The third-order valence-corrected chi connectivity index (χ3v) is 2.18. The van der Waals surface area contributed by atoms with Crippen LogP contribution in [0.25, 0.3) is 0 Å². The van der Waals surface area contributed by atoms with E-state index >= 15 is 0 Å². The lowest BCUT2D eigenvalue weighted by Gasteiger charge is -2.00. The second-order valence-electron chi connectivity index (χ2n) is 2.12. The van der Waals surface area contributed by atoms with E-state index in [1.54, 1.807) is 7.05 Å². The number of hydrogen-bond acceptors (Lipinski definition) is 6. The summed E-state index contributed by atoms with van der Waals surface area (Å²) in [5, 5.41) is 6.32. The van der Waals surface area contributed by atoms with E-state index in [9.17, 15) is 4.79 Å². The minimum Gasteiger partial charge on any atom is -0.463 e. The van der Waals surface area contributed by atoms with E-state index in [-0.39, 0.29) is 5.82 Å². The summed E-state index contributed by atoms with van der Waals surface area (Å²) in [4.78, 5) is 14.8. The summed E-state index contributed by atoms with van der Waals surface area (Å²) in [7, 11) is 2.95. The molecule has 0 aliphatic carbocycles. The molecule has 0 radical (unpaired) electrons. The largest absolute Gasteiger partial charge is 0.463 e. The summed E-state index contributed by atoms with van der Waals surface area (Å²) in [5.74, 6) is -0.538. The average Bonchev–Trinajstić information content (AvgIpc) is 2.65. The van der Waals surface area contributed by atoms with E-state index in [0.717, 1.165) is 11.5 Å². The summed E-state index contributed by atoms with van der Waals surface area (Å²) in [6, 6.07) is 0. The van der Waals surface area contributed by atoms with Crippen molar-refractivity contribution in [1.29, 1.82) is 0 Å². The van der Waals surface area contributed by atoms with Crippen molar-refractivity contribution in [1.82, 2.24) is 14.7 Å². The number of nitrogens with zero attached hydrogens (tertiary/aromatic N) is 2. The van der Waals surface area contributed by atoms with Gasteiger partial charge in [-0.25, -0.2) is 4.79 Å². The number of methoxy groups -OCH3 is 1. The molecular formula is C6H8N4O2S2. The standard InChI is InChI=1S/C6H8N4O2S2/c1-7-5(13)9-6-8-3(10-14-6)4(11)12-2/h1-2H3,(H2,7,8,9,10,13). The number of rotatable bonds is 2. The van der Waals surface area contributed by atoms with E-state index < -0.39 is 5.97 Å². The van der Waals surface area contributed by atoms with Crippen molar-refractivity contribution < 1.29 is 9.53 Å². The highest BCUT2D eigenvalue weighted by molar-refractivity contribution is 7.80. The Morgan fingerprint density at radius 1 is 1.64 bits per heavy atom. The first-order chi connectivity index (χ1) is 6.67. The van der Waals surface area contributed by atoms with Crippen LogP contribution in [0.15, 0.2) is 0 Å². The molecule has 14 heavy (non-hydrogen) atoms. The van der Waals surface area contributed by atoms with Crippen LogP contribution < -0.4 is 10.6 Å². The maximum atomic E-state index is 11.0. The van der Waals surface area contributed by atoms with Gasteiger partial charge >= 0.3 is 5.97 Å². The number of nitrogens with one attached hydrogen (secondary N) is 2. The molecule has 0 saturated heterocycles. The van der Waals surface area contributed by atoms with Gasteiger partial charge in [0.2, 0.25) is 5.13 Å². The highest BCUT2D eigenvalue weighted by Gasteiger charge is 2.12. The van der Waals surface area contributed by atoms with Crippen molar-refractivity contribution in [2.75, 3.05) is 19.5 Å². The third-order valence-electron chi connectivity index (χ3n) is 1.24. The quantitative estimate of drug-likeness (QED) is 0.558. The maximum Gasteiger partial charge on any atom is 0.377 e. The smallest absolute Gasteiger partial charge is 0.377 e. The molecule has 6 nitrogen and oxygen atoms in total. The summed E-state index contributed by atoms with van der Waals surface area (Å²) in [5.41, 5.74) is 0. The number of carbonyl (C=O) groups is 1. The van der Waals surface area contributed by atoms with Crippen molar-refractivity contribution >= 4 is 40.0 Å². The molecule has 0 spiro atoms. The van der Waals surface area contributed by atoms with Crippen LogP contribution in [0.2, 0.25) is 0 Å². The fourth-order valence-corrected chi connectivity index (χ4v) is 1.33. The van der Waals surface area contributed by atoms with Gasteiger partial charge in [-0.1, -0.05) is 0 Å². The SMILES string of the molecule is CNC(=S)Nc1nc(C(=O)OC)ns1. The Bertz CT molecular complexity index is 351. The van der Waals surface area contributed by atoms with Gasteiger partial charge in [0.25, 0.3) is 5.82 Å². The number of hydrogen-bond donors (Lipinski definition) is 2. The number of thiocarbonyl (C=S) groups is 1. The molecule has 2 N–H and O–H groups in total. The van der Waals surface area contributed by atoms with Crippen molar-refractivity contribution in [3.63, 3.8) is 0 Å². The van der Waals surface area contributed by atoms with Gasteiger partial charge in [-0.3, -0.25) is 0 Å². The Morgan fingerprint density at radius 3 is 2.93 bits per heavy atom. The van der Waals surface area contributed by atoms with Gasteiger partial charge in [0.05, 0.1) is 7.11 Å². The Balaban J connectivity index is 2.68. The lowest BCUT2D eigenvalue weighted by molar-refractivity contribution is 0.0588. The van der Waals surface area contributed by atoms with E-state index in [1.165, 1.54) is 7.11 Å². The molecule has 0 aromatic carbocycles. The van der Waals surface area contributed by atoms with Crippen LogP contribution in [0.4, 0.5) is 5.13 Å². The number of aromatic nitrogens is 2. The fraction of sp³-hybridized carbons (Fsp3) is 0.333. The number of esters is 1. The molecule has 0 fully saturated rings. The van der Waals surface area contributed by atoms with Gasteiger partial charge in [-0.15, -0.1) is 0 Å². The van der Waals surface area contributed by atoms with Crippen LogP contribution in [0.1, 0.15) is 10.6 Å². The lowest BCUT2D eigenvalue weighted by atomic mass is 10.6. The minimum atomic E-state index is -0.565. The lowest BCUT2D eigenvalue weighted by Crippen LogP contribution is -2.24. The molecule has 1 aromatic heterocycles. The van der Waals surface area contributed by atoms with E-state index in [1.807, 2.05) is 0 Å². The molecule has 1 heterocycles. The fourth-order valence-electron chi connectivity index (χ4n) is 0.608. The average molecular weight is 232 g/mol. The van der Waals surface area contributed by atoms with E-state index in [0.29, 0.717) is 10.2 Å². The topological polar surface area (TPSA) is 76.1 Å². The van der Waals surface area contributed by atoms with Gasteiger partial charge < -0.3 is 15.4 Å². The molecule has 0 amide bonds. The van der Waals surface area contributed by atoms with Crippen molar-refractivity contribution in [3.05, 3.63) is 5.82 Å². The highest BCUT2D eigenvalue weighted by atomic mass is 32.1. The molecule has 76 valence electrons. The van der Waals surface area contributed by atoms with E-state index in [2.05, 4.69) is 24.7 Å². The van der Waals surface area contributed by atoms with Crippen LogP contribution in [0, 0.1) is 0 Å². The summed E-state index contributed by atoms with van der Waals surface area (Å²) in [6.45, 7) is 0. The van der Waals surface area contributed by atoms with Gasteiger partial charge in [0, 0.05) is 18.6 Å². The zero-order valence-corrected chi connectivity index (χ0v) is 9.16. The molecular weight excluding hydrogens is 224 g/mol. The molecule has 1 aromatic rings. The Kier molecular flexibility index (Phi) is 3.72. The zero-order valence-electron chi connectivity index (χ0n) is 7.53. The molecule has 0 aliphatic heterocycles. The van der Waals surface area contributed by atoms with Crippen molar-refractivity contribution in [2.45, 2.75) is 0 Å². The third kappa shape index (κ3) is 2.60. The van der Waals surface area contributed by atoms with Gasteiger partial charge in [0.1, 0.15) is 0 Å². The van der Waals surface area contributed by atoms with Crippen LogP contribution >= 0.6 is 23.8 Å². The zero-order chi connectivity index (χ0) is 10.6. The molecule has 8 heteroatoms. The van der Waals surface area contributed by atoms with Crippen LogP contribution in [-0.4, -0.2) is 34.6 Å². The molecule has 0 saturated carbocycles. The first kappa shape index (κ1) is 10.8. The number of ether oxygens (including phenoxy) is 1. The van der Waals surface area contributed by atoms with E-state index in [4.69, 9.17) is 12.2 Å². The Hall–Kier alpha value is -1.28. The summed E-state index contributed by atoms with van der Waals surface area (Å²) < 4.78 is 8.23. The van der Waals surface area contributed by atoms with Crippen molar-refractivity contribution in [2.24, 2.45) is 0 Å². The predicted octanol–water partition coefficient (Wildman–Crippen LogP) is 0.241. The molecule has 0 unspecified atom stereocenters. The minimum absolute atomic E-state index is 0.0268. The summed E-state index contributed by atoms with van der Waals surface area (Å²) in [6.07, 6.45) is 0. The monoisotopic (exact) mass is 232 g/mol. The van der Waals surface area contributed by atoms with Crippen molar-refractivity contribution in [3.8, 4) is 0 Å². The molecule has 0 atom stereocenters. The molecule has 1 rings (SSSR count). The second-order valence-corrected chi connectivity index (χ2v) is 3.28. The first-order valence-corrected chi connectivity index (χ1v) is 4.76. The first-order valence-electron chi connectivity index (χ1n) is 3.58. The highest BCUT2D eigenvalue weighted by Crippen LogP contribution is 2.10. The predicted molar refractivity (Wildman–Crippen MR) is 56.5 cm³/mol. The Morgan fingerprint density at radius 2 is 2.36 bits per heavy atom. The normalized spacial score (nSPS) is 9.29. The second kappa shape index (κ2) is 4.82. The molecule has 0 bridgehead atoms.